The van der Waals surface area contributed by atoms with Crippen molar-refractivity contribution in [3.8, 4) is 0 Å². The van der Waals surface area contributed by atoms with Crippen LogP contribution in [0.15, 0.2) is 24.3 Å². The van der Waals surface area contributed by atoms with Crippen LogP contribution in [0.5, 0.6) is 0 Å². The quantitative estimate of drug-likeness (QED) is 0.134. The van der Waals surface area contributed by atoms with E-state index in [4.69, 9.17) is 18.6 Å². The minimum absolute atomic E-state index is 0.0106. The van der Waals surface area contributed by atoms with Gasteiger partial charge in [-0.25, -0.2) is 0 Å². The van der Waals surface area contributed by atoms with Gasteiger partial charge in [0.2, 0.25) is 0 Å². The Morgan fingerprint density at radius 3 is 2.27 bits per heavy atom. The van der Waals surface area contributed by atoms with Crippen LogP contribution in [-0.2, 0) is 23.4 Å². The molecule has 0 aliphatic rings. The Morgan fingerprint density at radius 2 is 1.73 bits per heavy atom. The van der Waals surface area contributed by atoms with Gasteiger partial charge in [-0.05, 0) is 50.7 Å². The van der Waals surface area contributed by atoms with Crippen LogP contribution in [-0.4, -0.2) is 53.4 Å². The number of carbonyl (C=O) groups is 1. The minimum atomic E-state index is -1.72. The Kier molecular flexibility index (Phi) is 14.5. The number of rotatable bonds is 15. The Morgan fingerprint density at radius 1 is 1.07 bits per heavy atom. The highest BCUT2D eigenvalue weighted by Crippen LogP contribution is 2.36. The van der Waals surface area contributed by atoms with Gasteiger partial charge in [-0.2, -0.15) is 0 Å². The summed E-state index contributed by atoms with van der Waals surface area (Å²) in [6.45, 7) is 15.4. The molecular formula is C24H46O5Si. The SMILES string of the molecule is CO[C@@H](CCO[Si](C)(C)C(C)(C)C)C[C@H](/C=C/C=C/CCC[C@@H](C)OC(C)=O)OC. The van der Waals surface area contributed by atoms with E-state index in [1.165, 1.54) is 6.92 Å². The molecule has 0 fully saturated rings. The molecule has 0 aromatic heterocycles. The second kappa shape index (κ2) is 14.9. The molecule has 0 aliphatic carbocycles. The summed E-state index contributed by atoms with van der Waals surface area (Å²) in [5.41, 5.74) is 0. The Balaban J connectivity index is 4.30. The fraction of sp³-hybridized carbons (Fsp3) is 0.792. The summed E-state index contributed by atoms with van der Waals surface area (Å²) < 4.78 is 22.7. The predicted octanol–water partition coefficient (Wildman–Crippen LogP) is 6.05. The molecule has 0 amide bonds. The lowest BCUT2D eigenvalue weighted by Crippen LogP contribution is -2.41. The minimum Gasteiger partial charge on any atom is -0.463 e. The van der Waals surface area contributed by atoms with E-state index in [2.05, 4.69) is 46.0 Å². The Hall–Kier alpha value is -0.953. The Bertz CT molecular complexity index is 522. The van der Waals surface area contributed by atoms with Crippen LogP contribution < -0.4 is 0 Å². The number of hydrogen-bond donors (Lipinski definition) is 0. The number of allylic oxidation sites excluding steroid dienone is 3. The molecule has 0 bridgehead atoms. The normalized spacial score (nSPS) is 16.2. The summed E-state index contributed by atoms with van der Waals surface area (Å²) in [6, 6.07) is 0. The number of methoxy groups -OCH3 is 2. The lowest BCUT2D eigenvalue weighted by Gasteiger charge is -2.36. The van der Waals surface area contributed by atoms with Gasteiger partial charge in [0.25, 0.3) is 0 Å². The van der Waals surface area contributed by atoms with Crippen molar-refractivity contribution < 1.29 is 23.4 Å². The first kappa shape index (κ1) is 29.0. The van der Waals surface area contributed by atoms with Gasteiger partial charge in [0.1, 0.15) is 0 Å². The highest BCUT2D eigenvalue weighted by molar-refractivity contribution is 6.74. The number of esters is 1. The van der Waals surface area contributed by atoms with Gasteiger partial charge in [0.05, 0.1) is 18.3 Å². The van der Waals surface area contributed by atoms with E-state index in [1.54, 1.807) is 14.2 Å². The predicted molar refractivity (Wildman–Crippen MR) is 127 cm³/mol. The van der Waals surface area contributed by atoms with E-state index in [1.807, 2.05) is 19.1 Å². The summed E-state index contributed by atoms with van der Waals surface area (Å²) in [7, 11) is 1.76. The summed E-state index contributed by atoms with van der Waals surface area (Å²) in [6.07, 6.45) is 12.9. The zero-order chi connectivity index (χ0) is 23.2. The highest BCUT2D eigenvalue weighted by Gasteiger charge is 2.37. The topological polar surface area (TPSA) is 54.0 Å². The molecule has 6 heteroatoms. The van der Waals surface area contributed by atoms with Crippen LogP contribution in [0.25, 0.3) is 0 Å². The smallest absolute Gasteiger partial charge is 0.302 e. The van der Waals surface area contributed by atoms with Gasteiger partial charge < -0.3 is 18.6 Å². The van der Waals surface area contributed by atoms with E-state index in [0.29, 0.717) is 0 Å². The average Bonchev–Trinajstić information content (AvgIpc) is 2.63. The molecule has 0 radical (unpaired) electrons. The first-order chi connectivity index (χ1) is 13.9. The third-order valence-electron chi connectivity index (χ3n) is 5.76. The van der Waals surface area contributed by atoms with Gasteiger partial charge in [0.15, 0.2) is 8.32 Å². The van der Waals surface area contributed by atoms with Crippen LogP contribution >= 0.6 is 0 Å². The van der Waals surface area contributed by atoms with Crippen molar-refractivity contribution >= 4 is 14.3 Å². The summed E-state index contributed by atoms with van der Waals surface area (Å²) in [5.74, 6) is -0.215. The fourth-order valence-electron chi connectivity index (χ4n) is 2.73. The first-order valence-electron chi connectivity index (χ1n) is 11.1. The molecule has 3 atom stereocenters. The first-order valence-corrected chi connectivity index (χ1v) is 14.0. The van der Waals surface area contributed by atoms with E-state index in [-0.39, 0.29) is 29.3 Å². The molecule has 0 spiro atoms. The van der Waals surface area contributed by atoms with Crippen LogP contribution in [0.4, 0.5) is 0 Å². The Labute approximate surface area is 186 Å². The standard InChI is InChI=1S/C24H46O5Si/c1-20(29-21(2)25)15-13-11-10-12-14-16-22(26-6)19-23(27-7)17-18-28-30(8,9)24(3,4)5/h10,12,14,16,20,22-23H,11,13,15,17-19H2,1-9H3/b12-10+,16-14+/t20-,22+,23+/m1/s1. The summed E-state index contributed by atoms with van der Waals surface area (Å²) in [5, 5.41) is 0.220. The number of carbonyl (C=O) groups excluding carboxylic acids is 1. The maximum absolute atomic E-state index is 10.9. The number of hydrogen-bond acceptors (Lipinski definition) is 5. The van der Waals surface area contributed by atoms with Crippen molar-refractivity contribution in [3.05, 3.63) is 24.3 Å². The van der Waals surface area contributed by atoms with Crippen molar-refractivity contribution in [2.75, 3.05) is 20.8 Å². The van der Waals surface area contributed by atoms with Crippen molar-refractivity contribution in [2.45, 2.75) is 103 Å². The number of unbranched alkanes of at least 4 members (excludes halogenated alkanes) is 1. The second-order valence-electron chi connectivity index (χ2n) is 9.43. The summed E-state index contributed by atoms with van der Waals surface area (Å²) in [4.78, 5) is 10.9. The molecule has 0 aromatic carbocycles. The fourth-order valence-corrected chi connectivity index (χ4v) is 3.80. The zero-order valence-corrected chi connectivity index (χ0v) is 21.8. The van der Waals surface area contributed by atoms with E-state index in [9.17, 15) is 4.79 Å². The van der Waals surface area contributed by atoms with Gasteiger partial charge in [-0.15, -0.1) is 0 Å². The third kappa shape index (κ3) is 13.4. The van der Waals surface area contributed by atoms with Crippen LogP contribution in [0.1, 0.15) is 66.7 Å². The van der Waals surface area contributed by atoms with Crippen molar-refractivity contribution in [1.29, 1.82) is 0 Å². The molecule has 0 rings (SSSR count). The van der Waals surface area contributed by atoms with Crippen LogP contribution in [0.3, 0.4) is 0 Å². The van der Waals surface area contributed by atoms with Crippen molar-refractivity contribution in [2.24, 2.45) is 0 Å². The number of ether oxygens (including phenoxy) is 3. The van der Waals surface area contributed by atoms with E-state index in [0.717, 1.165) is 38.7 Å². The van der Waals surface area contributed by atoms with Gasteiger partial charge in [0, 0.05) is 34.2 Å². The molecule has 0 saturated carbocycles. The molecule has 0 heterocycles. The molecular weight excluding hydrogens is 396 g/mol. The van der Waals surface area contributed by atoms with Gasteiger partial charge in [-0.1, -0.05) is 45.1 Å². The highest BCUT2D eigenvalue weighted by atomic mass is 28.4. The largest absolute Gasteiger partial charge is 0.463 e. The van der Waals surface area contributed by atoms with Crippen molar-refractivity contribution in [3.63, 3.8) is 0 Å². The third-order valence-corrected chi connectivity index (χ3v) is 10.3. The molecule has 0 aromatic rings. The van der Waals surface area contributed by atoms with Gasteiger partial charge in [-0.3, -0.25) is 4.79 Å². The van der Waals surface area contributed by atoms with Crippen molar-refractivity contribution in [1.82, 2.24) is 0 Å². The van der Waals surface area contributed by atoms with Crippen LogP contribution in [0.2, 0.25) is 18.1 Å². The molecule has 0 N–H and O–H groups in total. The molecule has 176 valence electrons. The average molecular weight is 443 g/mol. The molecule has 30 heavy (non-hydrogen) atoms. The van der Waals surface area contributed by atoms with Gasteiger partial charge >= 0.3 is 5.97 Å². The lowest BCUT2D eigenvalue weighted by atomic mass is 10.1. The monoisotopic (exact) mass is 442 g/mol. The molecule has 0 saturated heterocycles. The maximum atomic E-state index is 10.9. The summed E-state index contributed by atoms with van der Waals surface area (Å²) >= 11 is 0. The van der Waals surface area contributed by atoms with E-state index >= 15 is 0 Å². The van der Waals surface area contributed by atoms with E-state index < -0.39 is 8.32 Å². The molecule has 0 unspecified atom stereocenters. The maximum Gasteiger partial charge on any atom is 0.302 e. The molecule has 0 aliphatic heterocycles. The lowest BCUT2D eigenvalue weighted by molar-refractivity contribution is -0.145. The second-order valence-corrected chi connectivity index (χ2v) is 14.2. The zero-order valence-electron chi connectivity index (χ0n) is 20.8. The van der Waals surface area contributed by atoms with Crippen LogP contribution in [0, 0.1) is 0 Å². The molecule has 5 nitrogen and oxygen atoms in total.